The minimum Gasteiger partial charge on any atom is -0.370 e. The second-order valence-corrected chi connectivity index (χ2v) is 8.18. The van der Waals surface area contributed by atoms with Crippen molar-refractivity contribution in [3.8, 4) is 0 Å². The van der Waals surface area contributed by atoms with Crippen molar-refractivity contribution in [2.75, 3.05) is 19.7 Å². The quantitative estimate of drug-likeness (QED) is 0.691. The molecular weight excluding hydrogens is 359 g/mol. The summed E-state index contributed by atoms with van der Waals surface area (Å²) in [6.07, 6.45) is -1.42. The smallest absolute Gasteiger partial charge is 0.370 e. The molecule has 1 aromatic heterocycles. The van der Waals surface area contributed by atoms with Gasteiger partial charge in [-0.2, -0.15) is 13.2 Å². The number of ether oxygens (including phenoxy) is 1. The SMILES string of the molecule is CC(c1ccc(C(F)(F)F)cc1)N1CCC2(CC1)OCCc1sccc12. The third-order valence-electron chi connectivity index (χ3n) is 5.82. The molecular formula is C20H22F3NOS. The maximum atomic E-state index is 12.7. The molecule has 1 atom stereocenters. The van der Waals surface area contributed by atoms with Crippen LogP contribution in [0.1, 0.15) is 47.4 Å². The molecule has 0 amide bonds. The Kier molecular flexibility index (Phi) is 4.61. The van der Waals surface area contributed by atoms with Crippen molar-refractivity contribution in [2.24, 2.45) is 0 Å². The van der Waals surface area contributed by atoms with Gasteiger partial charge in [0, 0.05) is 30.4 Å². The topological polar surface area (TPSA) is 12.5 Å². The Hall–Kier alpha value is -1.37. The molecule has 26 heavy (non-hydrogen) atoms. The van der Waals surface area contributed by atoms with Gasteiger partial charge in [-0.25, -0.2) is 0 Å². The predicted octanol–water partition coefficient (Wildman–Crippen LogP) is 5.39. The molecule has 1 saturated heterocycles. The van der Waals surface area contributed by atoms with Crippen molar-refractivity contribution in [3.63, 3.8) is 0 Å². The number of halogens is 3. The summed E-state index contributed by atoms with van der Waals surface area (Å²) in [4.78, 5) is 3.79. The summed E-state index contributed by atoms with van der Waals surface area (Å²) >= 11 is 1.81. The zero-order chi connectivity index (χ0) is 18.4. The number of thiophene rings is 1. The summed E-state index contributed by atoms with van der Waals surface area (Å²) in [5, 5.41) is 2.15. The van der Waals surface area contributed by atoms with Crippen LogP contribution in [0.3, 0.4) is 0 Å². The Balaban J connectivity index is 1.45. The third-order valence-corrected chi connectivity index (χ3v) is 6.80. The second kappa shape index (κ2) is 6.66. The van der Waals surface area contributed by atoms with Crippen LogP contribution >= 0.6 is 11.3 Å². The van der Waals surface area contributed by atoms with Crippen LogP contribution in [0.15, 0.2) is 35.7 Å². The van der Waals surface area contributed by atoms with Gasteiger partial charge < -0.3 is 4.74 Å². The number of piperidine rings is 1. The number of nitrogens with zero attached hydrogens (tertiary/aromatic N) is 1. The number of fused-ring (bicyclic) bond motifs is 2. The molecule has 2 aliphatic heterocycles. The number of likely N-dealkylation sites (tertiary alicyclic amines) is 1. The van der Waals surface area contributed by atoms with Crippen LogP contribution in [0, 0.1) is 0 Å². The fourth-order valence-corrected chi connectivity index (χ4v) is 5.16. The van der Waals surface area contributed by atoms with Gasteiger partial charge >= 0.3 is 6.18 Å². The molecule has 0 radical (unpaired) electrons. The molecule has 1 aromatic carbocycles. The second-order valence-electron chi connectivity index (χ2n) is 7.18. The van der Waals surface area contributed by atoms with E-state index in [-0.39, 0.29) is 11.6 Å². The fourth-order valence-electron chi connectivity index (χ4n) is 4.20. The molecule has 0 bridgehead atoms. The summed E-state index contributed by atoms with van der Waals surface area (Å²) in [5.41, 5.74) is 1.53. The van der Waals surface area contributed by atoms with E-state index in [4.69, 9.17) is 4.74 Å². The lowest BCUT2D eigenvalue weighted by atomic mass is 9.82. The van der Waals surface area contributed by atoms with Crippen molar-refractivity contribution < 1.29 is 17.9 Å². The summed E-state index contributed by atoms with van der Waals surface area (Å²) in [6.45, 7) is 4.62. The Labute approximate surface area is 155 Å². The third kappa shape index (κ3) is 3.19. The Bertz CT molecular complexity index is 760. The maximum absolute atomic E-state index is 12.7. The highest BCUT2D eigenvalue weighted by Crippen LogP contribution is 2.44. The van der Waals surface area contributed by atoms with E-state index >= 15 is 0 Å². The first-order chi connectivity index (χ1) is 12.4. The number of hydrogen-bond acceptors (Lipinski definition) is 3. The van der Waals surface area contributed by atoms with Gasteiger partial charge in [-0.15, -0.1) is 11.3 Å². The van der Waals surface area contributed by atoms with Gasteiger partial charge in [-0.05, 0) is 54.5 Å². The Morgan fingerprint density at radius 3 is 2.46 bits per heavy atom. The van der Waals surface area contributed by atoms with Gasteiger partial charge in [0.1, 0.15) is 0 Å². The molecule has 1 fully saturated rings. The van der Waals surface area contributed by atoms with Crippen LogP contribution in [0.2, 0.25) is 0 Å². The Morgan fingerprint density at radius 2 is 1.81 bits per heavy atom. The summed E-state index contributed by atoms with van der Waals surface area (Å²) in [6, 6.07) is 7.87. The normalized spacial score (nSPS) is 21.5. The lowest BCUT2D eigenvalue weighted by Crippen LogP contribution is -2.46. The highest BCUT2D eigenvalue weighted by Gasteiger charge is 2.42. The summed E-state index contributed by atoms with van der Waals surface area (Å²) in [5.74, 6) is 0. The molecule has 140 valence electrons. The molecule has 4 rings (SSSR count). The highest BCUT2D eigenvalue weighted by atomic mass is 32.1. The van der Waals surface area contributed by atoms with Crippen LogP contribution in [0.4, 0.5) is 13.2 Å². The van der Waals surface area contributed by atoms with Crippen LogP contribution in [-0.2, 0) is 22.9 Å². The highest BCUT2D eigenvalue weighted by molar-refractivity contribution is 7.10. The number of alkyl halides is 3. The molecule has 2 aromatic rings. The van der Waals surface area contributed by atoms with E-state index in [0.717, 1.165) is 44.5 Å². The average molecular weight is 381 g/mol. The van der Waals surface area contributed by atoms with E-state index < -0.39 is 11.7 Å². The molecule has 3 heterocycles. The minimum absolute atomic E-state index is 0.0974. The summed E-state index contributed by atoms with van der Waals surface area (Å²) in [7, 11) is 0. The van der Waals surface area contributed by atoms with Crippen LogP contribution in [-0.4, -0.2) is 24.6 Å². The van der Waals surface area contributed by atoms with E-state index in [1.165, 1.54) is 22.6 Å². The number of hydrogen-bond donors (Lipinski definition) is 0. The Morgan fingerprint density at radius 1 is 1.12 bits per heavy atom. The van der Waals surface area contributed by atoms with Crippen LogP contribution in [0.5, 0.6) is 0 Å². The molecule has 0 N–H and O–H groups in total. The van der Waals surface area contributed by atoms with Gasteiger partial charge in [0.2, 0.25) is 0 Å². The van der Waals surface area contributed by atoms with Crippen molar-refractivity contribution >= 4 is 11.3 Å². The van der Waals surface area contributed by atoms with E-state index in [0.29, 0.717) is 0 Å². The zero-order valence-electron chi connectivity index (χ0n) is 14.7. The first-order valence-electron chi connectivity index (χ1n) is 9.01. The van der Waals surface area contributed by atoms with Gasteiger partial charge in [0.25, 0.3) is 0 Å². The molecule has 1 spiro atoms. The lowest BCUT2D eigenvalue weighted by molar-refractivity contribution is -0.137. The standard InChI is InChI=1S/C20H22F3NOS/c1-14(15-2-4-16(5-3-15)20(21,22)23)24-10-8-19(9-11-24)17-7-13-26-18(17)6-12-25-19/h2-5,7,13-14H,6,8-12H2,1H3. The van der Waals surface area contributed by atoms with Gasteiger partial charge in [-0.3, -0.25) is 4.90 Å². The van der Waals surface area contributed by atoms with Crippen LogP contribution < -0.4 is 0 Å². The molecule has 2 nitrogen and oxygen atoms in total. The molecule has 1 unspecified atom stereocenters. The first-order valence-corrected chi connectivity index (χ1v) is 9.89. The first kappa shape index (κ1) is 18.0. The maximum Gasteiger partial charge on any atom is 0.416 e. The van der Waals surface area contributed by atoms with Gasteiger partial charge in [-0.1, -0.05) is 12.1 Å². The van der Waals surface area contributed by atoms with E-state index in [1.54, 1.807) is 12.1 Å². The van der Waals surface area contributed by atoms with E-state index in [9.17, 15) is 13.2 Å². The molecule has 6 heteroatoms. The van der Waals surface area contributed by atoms with Crippen molar-refractivity contribution in [2.45, 2.75) is 44.0 Å². The van der Waals surface area contributed by atoms with Crippen LogP contribution in [0.25, 0.3) is 0 Å². The summed E-state index contributed by atoms with van der Waals surface area (Å²) < 4.78 is 44.5. The van der Waals surface area contributed by atoms with Gasteiger partial charge in [0.05, 0.1) is 17.8 Å². The van der Waals surface area contributed by atoms with Crippen molar-refractivity contribution in [1.82, 2.24) is 4.90 Å². The van der Waals surface area contributed by atoms with Crippen molar-refractivity contribution in [3.05, 3.63) is 57.3 Å². The van der Waals surface area contributed by atoms with E-state index in [2.05, 4.69) is 23.3 Å². The zero-order valence-corrected chi connectivity index (χ0v) is 15.5. The predicted molar refractivity (Wildman–Crippen MR) is 96.3 cm³/mol. The van der Waals surface area contributed by atoms with E-state index in [1.807, 2.05) is 11.3 Å². The lowest BCUT2D eigenvalue weighted by Gasteiger charge is -2.45. The molecule has 2 aliphatic rings. The largest absolute Gasteiger partial charge is 0.416 e. The number of rotatable bonds is 2. The molecule has 0 saturated carbocycles. The number of benzene rings is 1. The minimum atomic E-state index is -4.28. The van der Waals surface area contributed by atoms with Gasteiger partial charge in [0.15, 0.2) is 0 Å². The average Bonchev–Trinajstić information content (AvgIpc) is 3.12. The molecule has 0 aliphatic carbocycles. The monoisotopic (exact) mass is 381 g/mol. The van der Waals surface area contributed by atoms with Crippen molar-refractivity contribution in [1.29, 1.82) is 0 Å². The fraction of sp³-hybridized carbons (Fsp3) is 0.500.